The van der Waals surface area contributed by atoms with E-state index in [0.29, 0.717) is 9.79 Å². The van der Waals surface area contributed by atoms with Crippen LogP contribution >= 0.6 is 23.5 Å². The van der Waals surface area contributed by atoms with Crippen molar-refractivity contribution in [2.45, 2.75) is 19.6 Å². The standard InChI is InChI=1S/C20H16N2O4S2/c23-19(21-25)15-12-18(28-14-9-5-2-6-10-14)16(20(24)22-26)11-17(15)27-13-7-3-1-4-8-13/h1-12,25-26H,(H,21,23)(H,22,24). The third kappa shape index (κ3) is 4.73. The topological polar surface area (TPSA) is 98.7 Å². The van der Waals surface area contributed by atoms with Crippen LogP contribution in [0.2, 0.25) is 0 Å². The Kier molecular flexibility index (Phi) is 6.72. The van der Waals surface area contributed by atoms with Gasteiger partial charge in [0.2, 0.25) is 0 Å². The summed E-state index contributed by atoms with van der Waals surface area (Å²) < 4.78 is 0. The fourth-order valence-corrected chi connectivity index (χ4v) is 4.41. The van der Waals surface area contributed by atoms with Gasteiger partial charge in [0, 0.05) is 19.6 Å². The van der Waals surface area contributed by atoms with E-state index in [4.69, 9.17) is 10.4 Å². The first-order valence-corrected chi connectivity index (χ1v) is 9.78. The van der Waals surface area contributed by atoms with Crippen molar-refractivity contribution in [1.82, 2.24) is 11.0 Å². The van der Waals surface area contributed by atoms with Gasteiger partial charge in [-0.15, -0.1) is 0 Å². The average Bonchev–Trinajstić information content (AvgIpc) is 2.74. The first-order valence-electron chi connectivity index (χ1n) is 8.15. The fourth-order valence-electron chi connectivity index (χ4n) is 2.44. The molecule has 3 aromatic rings. The number of benzene rings is 3. The highest BCUT2D eigenvalue weighted by atomic mass is 32.2. The predicted molar refractivity (Wildman–Crippen MR) is 106 cm³/mol. The molecule has 0 saturated carbocycles. The minimum absolute atomic E-state index is 0.212. The highest BCUT2D eigenvalue weighted by Gasteiger charge is 2.20. The van der Waals surface area contributed by atoms with Crippen LogP contribution in [0.25, 0.3) is 0 Å². The molecule has 0 atom stereocenters. The molecule has 0 aliphatic carbocycles. The van der Waals surface area contributed by atoms with E-state index < -0.39 is 11.8 Å². The molecule has 0 heterocycles. The Bertz CT molecular complexity index is 901. The highest BCUT2D eigenvalue weighted by Crippen LogP contribution is 2.37. The molecule has 0 aromatic heterocycles. The van der Waals surface area contributed by atoms with E-state index in [2.05, 4.69) is 0 Å². The third-order valence-corrected chi connectivity index (χ3v) is 5.85. The zero-order valence-electron chi connectivity index (χ0n) is 14.5. The van der Waals surface area contributed by atoms with Gasteiger partial charge in [0.1, 0.15) is 0 Å². The van der Waals surface area contributed by atoms with E-state index in [1.54, 1.807) is 11.0 Å². The Morgan fingerprint density at radius 2 is 1.00 bits per heavy atom. The first kappa shape index (κ1) is 20.0. The molecule has 142 valence electrons. The van der Waals surface area contributed by atoms with Gasteiger partial charge in [0.25, 0.3) is 11.8 Å². The Morgan fingerprint density at radius 1 is 0.643 bits per heavy atom. The summed E-state index contributed by atoms with van der Waals surface area (Å²) in [6, 6.07) is 21.7. The van der Waals surface area contributed by atoms with Crippen molar-refractivity contribution in [3.63, 3.8) is 0 Å². The Balaban J connectivity index is 2.10. The summed E-state index contributed by atoms with van der Waals surface area (Å²) in [5, 5.41) is 18.3. The lowest BCUT2D eigenvalue weighted by molar-refractivity contribution is 0.0692. The summed E-state index contributed by atoms with van der Waals surface area (Å²) in [5.41, 5.74) is 3.72. The molecule has 0 unspecified atom stereocenters. The second kappa shape index (κ2) is 9.43. The molecule has 0 spiro atoms. The van der Waals surface area contributed by atoms with E-state index in [1.165, 1.54) is 35.7 Å². The van der Waals surface area contributed by atoms with Crippen LogP contribution in [0, 0.1) is 0 Å². The van der Waals surface area contributed by atoms with Crippen LogP contribution in [-0.4, -0.2) is 22.2 Å². The van der Waals surface area contributed by atoms with Crippen molar-refractivity contribution in [2.24, 2.45) is 0 Å². The van der Waals surface area contributed by atoms with Gasteiger partial charge in [-0.2, -0.15) is 0 Å². The number of hydrogen-bond acceptors (Lipinski definition) is 6. The molecule has 0 fully saturated rings. The highest BCUT2D eigenvalue weighted by molar-refractivity contribution is 8.00. The van der Waals surface area contributed by atoms with Crippen LogP contribution in [-0.2, 0) is 0 Å². The van der Waals surface area contributed by atoms with Crippen molar-refractivity contribution in [1.29, 1.82) is 0 Å². The fraction of sp³-hybridized carbons (Fsp3) is 0. The van der Waals surface area contributed by atoms with E-state index >= 15 is 0 Å². The summed E-state index contributed by atoms with van der Waals surface area (Å²) in [6.07, 6.45) is 0. The summed E-state index contributed by atoms with van der Waals surface area (Å²) in [4.78, 5) is 27.1. The van der Waals surface area contributed by atoms with Gasteiger partial charge in [-0.25, -0.2) is 11.0 Å². The molecule has 2 amide bonds. The molecule has 3 rings (SSSR count). The molecule has 3 aromatic carbocycles. The van der Waals surface area contributed by atoms with Crippen molar-refractivity contribution in [2.75, 3.05) is 0 Å². The lowest BCUT2D eigenvalue weighted by Gasteiger charge is -2.14. The molecule has 0 aliphatic heterocycles. The van der Waals surface area contributed by atoms with Gasteiger partial charge in [0.05, 0.1) is 11.1 Å². The molecular formula is C20H16N2O4S2. The Morgan fingerprint density at radius 3 is 1.32 bits per heavy atom. The van der Waals surface area contributed by atoms with Crippen LogP contribution in [0.1, 0.15) is 20.7 Å². The second-order valence-corrected chi connectivity index (χ2v) is 7.79. The molecule has 0 aliphatic rings. The number of carbonyl (C=O) groups is 2. The zero-order chi connectivity index (χ0) is 19.9. The van der Waals surface area contributed by atoms with Crippen LogP contribution in [0.5, 0.6) is 0 Å². The number of nitrogens with one attached hydrogen (secondary N) is 2. The maximum Gasteiger partial charge on any atom is 0.275 e. The Labute approximate surface area is 169 Å². The lowest BCUT2D eigenvalue weighted by atomic mass is 10.1. The van der Waals surface area contributed by atoms with Gasteiger partial charge in [-0.3, -0.25) is 20.0 Å². The summed E-state index contributed by atoms with van der Waals surface area (Å²) >= 11 is 2.54. The quantitative estimate of drug-likeness (QED) is 0.357. The minimum atomic E-state index is -0.690. The van der Waals surface area contributed by atoms with E-state index in [9.17, 15) is 9.59 Å². The first-order chi connectivity index (χ1) is 13.6. The van der Waals surface area contributed by atoms with Gasteiger partial charge in [0.15, 0.2) is 0 Å². The van der Waals surface area contributed by atoms with Gasteiger partial charge in [-0.05, 0) is 36.4 Å². The number of hydrogen-bond donors (Lipinski definition) is 4. The number of rotatable bonds is 6. The van der Waals surface area contributed by atoms with Crippen LogP contribution < -0.4 is 11.0 Å². The van der Waals surface area contributed by atoms with E-state index in [-0.39, 0.29) is 11.1 Å². The van der Waals surface area contributed by atoms with Crippen molar-refractivity contribution in [3.05, 3.63) is 83.9 Å². The normalized spacial score (nSPS) is 10.4. The molecular weight excluding hydrogens is 396 g/mol. The summed E-state index contributed by atoms with van der Waals surface area (Å²) in [5.74, 6) is -1.38. The predicted octanol–water partition coefficient (Wildman–Crippen LogP) is 4.23. The number of amides is 2. The van der Waals surface area contributed by atoms with Gasteiger partial charge in [-0.1, -0.05) is 59.9 Å². The van der Waals surface area contributed by atoms with Crippen molar-refractivity contribution in [3.8, 4) is 0 Å². The van der Waals surface area contributed by atoms with E-state index in [1.807, 2.05) is 60.7 Å². The van der Waals surface area contributed by atoms with Crippen molar-refractivity contribution < 1.29 is 20.0 Å². The summed E-state index contributed by atoms with van der Waals surface area (Å²) in [6.45, 7) is 0. The summed E-state index contributed by atoms with van der Waals surface area (Å²) in [7, 11) is 0. The monoisotopic (exact) mass is 412 g/mol. The molecule has 0 saturated heterocycles. The number of hydroxylamine groups is 2. The molecule has 0 bridgehead atoms. The molecule has 28 heavy (non-hydrogen) atoms. The van der Waals surface area contributed by atoms with Crippen molar-refractivity contribution >= 4 is 35.3 Å². The SMILES string of the molecule is O=C(NO)c1cc(Sc2ccccc2)c(C(=O)NO)cc1Sc1ccccc1. The lowest BCUT2D eigenvalue weighted by Crippen LogP contribution is -2.22. The van der Waals surface area contributed by atoms with Crippen LogP contribution in [0.4, 0.5) is 0 Å². The third-order valence-electron chi connectivity index (χ3n) is 3.72. The van der Waals surface area contributed by atoms with Crippen LogP contribution in [0.3, 0.4) is 0 Å². The number of carbonyl (C=O) groups excluding carboxylic acids is 2. The van der Waals surface area contributed by atoms with Gasteiger partial charge >= 0.3 is 0 Å². The maximum atomic E-state index is 12.2. The molecule has 4 N–H and O–H groups in total. The second-order valence-electron chi connectivity index (χ2n) is 5.56. The molecule has 6 nitrogen and oxygen atoms in total. The van der Waals surface area contributed by atoms with Crippen LogP contribution in [0.15, 0.2) is 92.4 Å². The minimum Gasteiger partial charge on any atom is -0.288 e. The molecule has 8 heteroatoms. The smallest absolute Gasteiger partial charge is 0.275 e. The zero-order valence-corrected chi connectivity index (χ0v) is 16.1. The maximum absolute atomic E-state index is 12.2. The Hall–Kier alpha value is -2.78. The average molecular weight is 412 g/mol. The van der Waals surface area contributed by atoms with Gasteiger partial charge < -0.3 is 0 Å². The van der Waals surface area contributed by atoms with E-state index in [0.717, 1.165) is 9.79 Å². The largest absolute Gasteiger partial charge is 0.288 e. The molecule has 0 radical (unpaired) electrons.